The number of carbonyl (C=O) groups is 2. The van der Waals surface area contributed by atoms with E-state index in [4.69, 9.17) is 9.84 Å². The molecule has 5 nitrogen and oxygen atoms in total. The van der Waals surface area contributed by atoms with E-state index < -0.39 is 5.97 Å². The summed E-state index contributed by atoms with van der Waals surface area (Å²) in [6, 6.07) is 9.65. The lowest BCUT2D eigenvalue weighted by Crippen LogP contribution is -2.44. The van der Waals surface area contributed by atoms with Gasteiger partial charge in [-0.05, 0) is 44.2 Å². The summed E-state index contributed by atoms with van der Waals surface area (Å²) in [6.07, 6.45) is 4.82. The van der Waals surface area contributed by atoms with E-state index >= 15 is 0 Å². The van der Waals surface area contributed by atoms with Crippen LogP contribution in [-0.4, -0.2) is 41.1 Å². The molecule has 1 aromatic carbocycles. The fourth-order valence-electron chi connectivity index (χ4n) is 2.99. The zero-order valence-electron chi connectivity index (χ0n) is 13.4. The van der Waals surface area contributed by atoms with Gasteiger partial charge in [-0.25, -0.2) is 0 Å². The largest absolute Gasteiger partial charge is 0.494 e. The van der Waals surface area contributed by atoms with Crippen molar-refractivity contribution in [2.45, 2.75) is 51.0 Å². The van der Waals surface area contributed by atoms with Gasteiger partial charge in [0, 0.05) is 25.4 Å². The van der Waals surface area contributed by atoms with E-state index in [1.807, 2.05) is 35.2 Å². The molecule has 1 aliphatic heterocycles. The monoisotopic (exact) mass is 319 g/mol. The van der Waals surface area contributed by atoms with Crippen LogP contribution in [-0.2, 0) is 9.59 Å². The SMILES string of the molecule is O=C(O)CCC1CCCCN1C(=O)CCCOc1ccccc1. The minimum Gasteiger partial charge on any atom is -0.494 e. The van der Waals surface area contributed by atoms with E-state index in [9.17, 15) is 9.59 Å². The smallest absolute Gasteiger partial charge is 0.303 e. The minimum absolute atomic E-state index is 0.0855. The number of carbonyl (C=O) groups excluding carboxylic acids is 1. The van der Waals surface area contributed by atoms with E-state index in [1.54, 1.807) is 0 Å². The molecule has 0 aliphatic carbocycles. The Labute approximate surface area is 137 Å². The van der Waals surface area contributed by atoms with Crippen LogP contribution in [0.15, 0.2) is 30.3 Å². The zero-order chi connectivity index (χ0) is 16.5. The maximum absolute atomic E-state index is 12.4. The number of para-hydroxylation sites is 1. The summed E-state index contributed by atoms with van der Waals surface area (Å²) < 4.78 is 5.60. The predicted molar refractivity (Wildman–Crippen MR) is 87.4 cm³/mol. The first kappa shape index (κ1) is 17.3. The van der Waals surface area contributed by atoms with Crippen LogP contribution in [0.1, 0.15) is 44.9 Å². The second-order valence-corrected chi connectivity index (χ2v) is 5.93. The Morgan fingerprint density at radius 3 is 2.70 bits per heavy atom. The van der Waals surface area contributed by atoms with E-state index in [0.717, 1.165) is 31.6 Å². The number of rotatable bonds is 8. The molecule has 1 N–H and O–H groups in total. The highest BCUT2D eigenvalue weighted by Crippen LogP contribution is 2.22. The summed E-state index contributed by atoms with van der Waals surface area (Å²) in [4.78, 5) is 25.0. The second kappa shape index (κ2) is 9.18. The summed E-state index contributed by atoms with van der Waals surface area (Å²) >= 11 is 0. The molecule has 0 spiro atoms. The van der Waals surface area contributed by atoms with E-state index in [2.05, 4.69) is 0 Å². The van der Waals surface area contributed by atoms with Crippen molar-refractivity contribution in [1.29, 1.82) is 0 Å². The molecule has 1 aliphatic rings. The Bertz CT molecular complexity index is 503. The normalized spacial score (nSPS) is 17.7. The minimum atomic E-state index is -0.792. The van der Waals surface area contributed by atoms with Gasteiger partial charge in [0.2, 0.25) is 5.91 Å². The van der Waals surface area contributed by atoms with Gasteiger partial charge in [-0.3, -0.25) is 9.59 Å². The van der Waals surface area contributed by atoms with Gasteiger partial charge >= 0.3 is 5.97 Å². The lowest BCUT2D eigenvalue weighted by atomic mass is 9.97. The molecule has 0 aromatic heterocycles. The lowest BCUT2D eigenvalue weighted by Gasteiger charge is -2.35. The number of amides is 1. The van der Waals surface area contributed by atoms with E-state index in [0.29, 0.717) is 25.9 Å². The maximum atomic E-state index is 12.4. The number of carboxylic acid groups (broad SMARTS) is 1. The Balaban J connectivity index is 1.73. The van der Waals surface area contributed by atoms with Crippen molar-refractivity contribution in [2.24, 2.45) is 0 Å². The van der Waals surface area contributed by atoms with E-state index in [1.165, 1.54) is 0 Å². The molecule has 1 fully saturated rings. The summed E-state index contributed by atoms with van der Waals surface area (Å²) in [5.41, 5.74) is 0. The number of hydrogen-bond acceptors (Lipinski definition) is 3. The first-order valence-electron chi connectivity index (χ1n) is 8.36. The Morgan fingerprint density at radius 1 is 1.17 bits per heavy atom. The standard InChI is InChI=1S/C18H25NO4/c20-17(10-6-14-23-16-8-2-1-3-9-16)19-13-5-4-7-15(19)11-12-18(21)22/h1-3,8-9,15H,4-7,10-14H2,(H,21,22). The first-order chi connectivity index (χ1) is 11.2. The van der Waals surface area contributed by atoms with Crippen molar-refractivity contribution in [2.75, 3.05) is 13.2 Å². The molecule has 0 radical (unpaired) electrons. The molecule has 1 atom stereocenters. The Hall–Kier alpha value is -2.04. The number of benzene rings is 1. The zero-order valence-corrected chi connectivity index (χ0v) is 13.4. The second-order valence-electron chi connectivity index (χ2n) is 5.93. The van der Waals surface area contributed by atoms with Gasteiger partial charge < -0.3 is 14.7 Å². The van der Waals surface area contributed by atoms with Crippen molar-refractivity contribution >= 4 is 11.9 Å². The third-order valence-corrected chi connectivity index (χ3v) is 4.19. The van der Waals surface area contributed by atoms with Gasteiger partial charge in [0.05, 0.1) is 6.61 Å². The third-order valence-electron chi connectivity index (χ3n) is 4.19. The number of hydrogen-bond donors (Lipinski definition) is 1. The number of carboxylic acids is 1. The fraction of sp³-hybridized carbons (Fsp3) is 0.556. The van der Waals surface area contributed by atoms with Crippen molar-refractivity contribution in [3.05, 3.63) is 30.3 Å². The van der Waals surface area contributed by atoms with Crippen molar-refractivity contribution < 1.29 is 19.4 Å². The summed E-state index contributed by atoms with van der Waals surface area (Å²) in [6.45, 7) is 1.27. The van der Waals surface area contributed by atoms with Crippen LogP contribution in [0.25, 0.3) is 0 Å². The van der Waals surface area contributed by atoms with Gasteiger partial charge in [0.25, 0.3) is 0 Å². The van der Waals surface area contributed by atoms with Gasteiger partial charge in [-0.2, -0.15) is 0 Å². The van der Waals surface area contributed by atoms with Crippen molar-refractivity contribution in [1.82, 2.24) is 4.90 Å². The van der Waals surface area contributed by atoms with Gasteiger partial charge in [-0.1, -0.05) is 18.2 Å². The number of likely N-dealkylation sites (tertiary alicyclic amines) is 1. The number of nitrogens with zero attached hydrogens (tertiary/aromatic N) is 1. The number of piperidine rings is 1. The van der Waals surface area contributed by atoms with Crippen LogP contribution in [0.2, 0.25) is 0 Å². The van der Waals surface area contributed by atoms with Gasteiger partial charge in [-0.15, -0.1) is 0 Å². The van der Waals surface area contributed by atoms with Crippen LogP contribution in [0, 0.1) is 0 Å². The first-order valence-corrected chi connectivity index (χ1v) is 8.36. The van der Waals surface area contributed by atoms with Crippen LogP contribution in [0.3, 0.4) is 0 Å². The van der Waals surface area contributed by atoms with Crippen molar-refractivity contribution in [3.8, 4) is 5.75 Å². The van der Waals surface area contributed by atoms with Gasteiger partial charge in [0.1, 0.15) is 5.75 Å². The number of ether oxygens (including phenoxy) is 1. The molecular formula is C18H25NO4. The molecule has 126 valence electrons. The van der Waals surface area contributed by atoms with E-state index in [-0.39, 0.29) is 18.4 Å². The quantitative estimate of drug-likeness (QED) is 0.748. The van der Waals surface area contributed by atoms with Crippen LogP contribution >= 0.6 is 0 Å². The van der Waals surface area contributed by atoms with Gasteiger partial charge in [0.15, 0.2) is 0 Å². The fourth-order valence-corrected chi connectivity index (χ4v) is 2.99. The summed E-state index contributed by atoms with van der Waals surface area (Å²) in [5, 5.41) is 8.83. The highest BCUT2D eigenvalue weighted by molar-refractivity contribution is 5.76. The molecule has 2 rings (SSSR count). The molecule has 0 saturated carbocycles. The maximum Gasteiger partial charge on any atom is 0.303 e. The molecule has 1 unspecified atom stereocenters. The molecule has 1 saturated heterocycles. The molecule has 1 aromatic rings. The molecule has 5 heteroatoms. The lowest BCUT2D eigenvalue weighted by molar-refractivity contribution is -0.140. The molecule has 0 bridgehead atoms. The Morgan fingerprint density at radius 2 is 1.96 bits per heavy atom. The van der Waals surface area contributed by atoms with Crippen LogP contribution in [0.4, 0.5) is 0 Å². The third kappa shape index (κ3) is 5.93. The average Bonchev–Trinajstić information content (AvgIpc) is 2.58. The highest BCUT2D eigenvalue weighted by Gasteiger charge is 2.26. The number of aliphatic carboxylic acids is 1. The molecule has 1 amide bonds. The average molecular weight is 319 g/mol. The van der Waals surface area contributed by atoms with Crippen LogP contribution in [0.5, 0.6) is 5.75 Å². The molecule has 23 heavy (non-hydrogen) atoms. The Kier molecular flexibility index (Phi) is 6.91. The van der Waals surface area contributed by atoms with Crippen molar-refractivity contribution in [3.63, 3.8) is 0 Å². The summed E-state index contributed by atoms with van der Waals surface area (Å²) in [7, 11) is 0. The molecule has 1 heterocycles. The summed E-state index contributed by atoms with van der Waals surface area (Å²) in [5.74, 6) is 0.147. The predicted octanol–water partition coefficient (Wildman–Crippen LogP) is 3.09. The molecular weight excluding hydrogens is 294 g/mol. The van der Waals surface area contributed by atoms with Crippen LogP contribution < -0.4 is 4.74 Å². The topological polar surface area (TPSA) is 66.8 Å². The highest BCUT2D eigenvalue weighted by atomic mass is 16.5.